The van der Waals surface area contributed by atoms with Gasteiger partial charge in [-0.25, -0.2) is 4.79 Å². The maximum Gasteiger partial charge on any atom is 0.318 e. The van der Waals surface area contributed by atoms with E-state index in [1.807, 2.05) is 62.9 Å². The molecule has 1 aromatic rings. The van der Waals surface area contributed by atoms with E-state index >= 15 is 0 Å². The lowest BCUT2D eigenvalue weighted by molar-refractivity contribution is -0.117. The summed E-state index contributed by atoms with van der Waals surface area (Å²) >= 11 is 0. The van der Waals surface area contributed by atoms with E-state index in [4.69, 9.17) is 0 Å². The predicted octanol–water partition coefficient (Wildman–Crippen LogP) is 4.21. The SMILES string of the molecule is CC[C@H](C)N(Cc1cc(NC(=O)C2CC2)ccc1N(C)C)C(=O)NC(C)(C)C. The molecular formula is C22H36N4O2. The molecule has 0 heterocycles. The van der Waals surface area contributed by atoms with Gasteiger partial charge in [-0.3, -0.25) is 4.79 Å². The van der Waals surface area contributed by atoms with Crippen LogP contribution in [0.4, 0.5) is 16.2 Å². The molecule has 1 atom stereocenters. The lowest BCUT2D eigenvalue weighted by Crippen LogP contribution is -2.51. The summed E-state index contributed by atoms with van der Waals surface area (Å²) in [7, 11) is 3.98. The van der Waals surface area contributed by atoms with Crippen LogP contribution < -0.4 is 15.5 Å². The Hall–Kier alpha value is -2.24. The number of amides is 3. The van der Waals surface area contributed by atoms with E-state index in [9.17, 15) is 9.59 Å². The van der Waals surface area contributed by atoms with Gasteiger partial charge >= 0.3 is 6.03 Å². The van der Waals surface area contributed by atoms with Gasteiger partial charge < -0.3 is 20.4 Å². The van der Waals surface area contributed by atoms with E-state index in [-0.39, 0.29) is 29.4 Å². The van der Waals surface area contributed by atoms with Gasteiger partial charge in [-0.05, 0) is 70.7 Å². The average molecular weight is 389 g/mol. The van der Waals surface area contributed by atoms with Crippen LogP contribution in [0.1, 0.15) is 59.4 Å². The van der Waals surface area contributed by atoms with Crippen LogP contribution in [0.15, 0.2) is 18.2 Å². The molecule has 0 unspecified atom stereocenters. The van der Waals surface area contributed by atoms with Gasteiger partial charge in [-0.2, -0.15) is 0 Å². The molecule has 0 radical (unpaired) electrons. The maximum atomic E-state index is 12.9. The minimum absolute atomic E-state index is 0.0704. The normalized spacial score (nSPS) is 15.0. The van der Waals surface area contributed by atoms with E-state index in [0.717, 1.165) is 36.2 Å². The number of hydrogen-bond acceptors (Lipinski definition) is 3. The minimum atomic E-state index is -0.298. The van der Waals surface area contributed by atoms with Crippen molar-refractivity contribution < 1.29 is 9.59 Å². The highest BCUT2D eigenvalue weighted by atomic mass is 16.2. The highest BCUT2D eigenvalue weighted by molar-refractivity contribution is 5.94. The van der Waals surface area contributed by atoms with Crippen molar-refractivity contribution in [1.29, 1.82) is 0 Å². The van der Waals surface area contributed by atoms with Crippen LogP contribution in [0.2, 0.25) is 0 Å². The summed E-state index contributed by atoms with van der Waals surface area (Å²) in [4.78, 5) is 29.0. The van der Waals surface area contributed by atoms with Gasteiger partial charge in [-0.15, -0.1) is 0 Å². The van der Waals surface area contributed by atoms with Crippen molar-refractivity contribution in [1.82, 2.24) is 10.2 Å². The van der Waals surface area contributed by atoms with Crippen LogP contribution in [0.5, 0.6) is 0 Å². The first kappa shape index (κ1) is 22.1. The zero-order chi connectivity index (χ0) is 21.1. The van der Waals surface area contributed by atoms with Crippen LogP contribution in [0.25, 0.3) is 0 Å². The van der Waals surface area contributed by atoms with E-state index in [1.165, 1.54) is 0 Å². The van der Waals surface area contributed by atoms with Crippen molar-refractivity contribution in [2.75, 3.05) is 24.3 Å². The Morgan fingerprint density at radius 1 is 1.21 bits per heavy atom. The number of nitrogens with one attached hydrogen (secondary N) is 2. The Balaban J connectivity index is 2.29. The van der Waals surface area contributed by atoms with Gasteiger partial charge in [-0.1, -0.05) is 6.92 Å². The van der Waals surface area contributed by atoms with Crippen molar-refractivity contribution in [2.24, 2.45) is 5.92 Å². The van der Waals surface area contributed by atoms with Crippen LogP contribution >= 0.6 is 0 Å². The van der Waals surface area contributed by atoms with Crippen molar-refractivity contribution in [2.45, 2.75) is 72.0 Å². The smallest absolute Gasteiger partial charge is 0.318 e. The number of anilines is 2. The summed E-state index contributed by atoms with van der Waals surface area (Å²) in [5.41, 5.74) is 2.55. The summed E-state index contributed by atoms with van der Waals surface area (Å²) in [6.45, 7) is 10.6. The first-order chi connectivity index (χ1) is 13.0. The Labute approximate surface area is 169 Å². The van der Waals surface area contributed by atoms with E-state index in [2.05, 4.69) is 24.5 Å². The third kappa shape index (κ3) is 6.14. The molecule has 1 aliphatic rings. The Morgan fingerprint density at radius 2 is 1.86 bits per heavy atom. The number of rotatable bonds is 7. The van der Waals surface area contributed by atoms with Crippen molar-refractivity contribution in [3.05, 3.63) is 23.8 Å². The summed E-state index contributed by atoms with van der Waals surface area (Å²) < 4.78 is 0. The molecule has 6 nitrogen and oxygen atoms in total. The van der Waals surface area contributed by atoms with E-state index < -0.39 is 0 Å². The van der Waals surface area contributed by atoms with Gasteiger partial charge in [0.15, 0.2) is 0 Å². The Morgan fingerprint density at radius 3 is 2.36 bits per heavy atom. The van der Waals surface area contributed by atoms with Gasteiger partial charge in [0.2, 0.25) is 5.91 Å². The zero-order valence-electron chi connectivity index (χ0n) is 18.4. The lowest BCUT2D eigenvalue weighted by atomic mass is 10.1. The third-order valence-electron chi connectivity index (χ3n) is 4.98. The molecule has 2 rings (SSSR count). The lowest BCUT2D eigenvalue weighted by Gasteiger charge is -2.33. The summed E-state index contributed by atoms with van der Waals surface area (Å²) in [6.07, 6.45) is 2.82. The standard InChI is InChI=1S/C22H36N4O2/c1-8-15(2)26(21(28)24-22(3,4)5)14-17-13-18(11-12-19(17)25(6)7)23-20(27)16-9-10-16/h11-13,15-16H,8-10,14H2,1-7H3,(H,23,27)(H,24,28)/t15-/m0/s1. The average Bonchev–Trinajstić information content (AvgIpc) is 3.42. The number of hydrogen-bond donors (Lipinski definition) is 2. The first-order valence-electron chi connectivity index (χ1n) is 10.2. The van der Waals surface area contributed by atoms with Crippen molar-refractivity contribution >= 4 is 23.3 Å². The zero-order valence-corrected chi connectivity index (χ0v) is 18.4. The molecule has 1 fully saturated rings. The second-order valence-corrected chi connectivity index (χ2v) is 9.07. The summed E-state index contributed by atoms with van der Waals surface area (Å²) in [6, 6.07) is 5.96. The van der Waals surface area contributed by atoms with Crippen LogP contribution in [-0.4, -0.2) is 42.5 Å². The predicted molar refractivity (Wildman–Crippen MR) is 116 cm³/mol. The van der Waals surface area contributed by atoms with Crippen LogP contribution in [0.3, 0.4) is 0 Å². The quantitative estimate of drug-likeness (QED) is 0.735. The number of benzene rings is 1. The molecule has 1 aromatic carbocycles. The highest BCUT2D eigenvalue weighted by Gasteiger charge is 2.30. The van der Waals surface area contributed by atoms with Gasteiger partial charge in [0, 0.05) is 49.5 Å². The molecule has 28 heavy (non-hydrogen) atoms. The van der Waals surface area contributed by atoms with Gasteiger partial charge in [0.25, 0.3) is 0 Å². The maximum absolute atomic E-state index is 12.9. The second kappa shape index (κ2) is 8.84. The van der Waals surface area contributed by atoms with Crippen LogP contribution in [0, 0.1) is 5.92 Å². The topological polar surface area (TPSA) is 64.7 Å². The molecule has 2 N–H and O–H groups in total. The molecule has 1 saturated carbocycles. The molecule has 0 saturated heterocycles. The fourth-order valence-electron chi connectivity index (χ4n) is 3.04. The third-order valence-corrected chi connectivity index (χ3v) is 4.98. The number of carbonyl (C=O) groups excluding carboxylic acids is 2. The molecule has 0 spiro atoms. The van der Waals surface area contributed by atoms with Crippen molar-refractivity contribution in [3.63, 3.8) is 0 Å². The molecule has 0 bridgehead atoms. The Bertz CT molecular complexity index is 705. The van der Waals surface area contributed by atoms with E-state index in [1.54, 1.807) is 0 Å². The number of carbonyl (C=O) groups is 2. The summed E-state index contributed by atoms with van der Waals surface area (Å²) in [5, 5.41) is 6.09. The molecule has 6 heteroatoms. The fraction of sp³-hybridized carbons (Fsp3) is 0.636. The number of urea groups is 1. The largest absolute Gasteiger partial charge is 0.377 e. The Kier molecular flexibility index (Phi) is 6.96. The molecule has 1 aliphatic carbocycles. The van der Waals surface area contributed by atoms with Gasteiger partial charge in [0.05, 0.1) is 0 Å². The molecular weight excluding hydrogens is 352 g/mol. The highest BCUT2D eigenvalue weighted by Crippen LogP contribution is 2.31. The fourth-order valence-corrected chi connectivity index (χ4v) is 3.04. The first-order valence-corrected chi connectivity index (χ1v) is 10.2. The minimum Gasteiger partial charge on any atom is -0.377 e. The van der Waals surface area contributed by atoms with E-state index in [0.29, 0.717) is 6.54 Å². The van der Waals surface area contributed by atoms with Gasteiger partial charge in [0.1, 0.15) is 0 Å². The van der Waals surface area contributed by atoms with Crippen molar-refractivity contribution in [3.8, 4) is 0 Å². The molecule has 3 amide bonds. The molecule has 0 aliphatic heterocycles. The summed E-state index contributed by atoms with van der Waals surface area (Å²) in [5.74, 6) is 0.249. The molecule has 0 aromatic heterocycles. The van der Waals surface area contributed by atoms with Crippen LogP contribution in [-0.2, 0) is 11.3 Å². The second-order valence-electron chi connectivity index (χ2n) is 9.07. The number of nitrogens with zero attached hydrogens (tertiary/aromatic N) is 2. The molecule has 156 valence electrons. The monoisotopic (exact) mass is 388 g/mol.